The molecular formula is C16H29N5. The van der Waals surface area contributed by atoms with E-state index in [1.165, 1.54) is 6.42 Å². The fourth-order valence-electron chi connectivity index (χ4n) is 2.67. The van der Waals surface area contributed by atoms with Gasteiger partial charge in [0.15, 0.2) is 0 Å². The van der Waals surface area contributed by atoms with E-state index in [1.54, 1.807) is 0 Å². The molecule has 0 radical (unpaired) electrons. The van der Waals surface area contributed by atoms with E-state index < -0.39 is 0 Å². The summed E-state index contributed by atoms with van der Waals surface area (Å²) in [6, 6.07) is 4.54. The third-order valence-corrected chi connectivity index (χ3v) is 4.18. The predicted octanol–water partition coefficient (Wildman–Crippen LogP) is 2.14. The molecule has 1 aliphatic rings. The minimum atomic E-state index is 0.543. The molecule has 1 fully saturated rings. The van der Waals surface area contributed by atoms with E-state index in [1.807, 2.05) is 24.5 Å². The molecule has 0 spiro atoms. The number of nitrogens with zero attached hydrogens (tertiary/aromatic N) is 3. The third kappa shape index (κ3) is 5.61. The monoisotopic (exact) mass is 291 g/mol. The van der Waals surface area contributed by atoms with Gasteiger partial charge in [-0.05, 0) is 37.3 Å². The fraction of sp³-hybridized carbons (Fsp3) is 0.688. The molecule has 3 N–H and O–H groups in total. The van der Waals surface area contributed by atoms with Gasteiger partial charge in [-0.25, -0.2) is 5.01 Å². The van der Waals surface area contributed by atoms with E-state index in [0.717, 1.165) is 50.7 Å². The summed E-state index contributed by atoms with van der Waals surface area (Å²) in [4.78, 5) is 6.48. The van der Waals surface area contributed by atoms with Crippen molar-refractivity contribution in [1.82, 2.24) is 14.9 Å². The molecule has 5 nitrogen and oxygen atoms in total. The van der Waals surface area contributed by atoms with Crippen LogP contribution in [-0.2, 0) is 0 Å². The second kappa shape index (κ2) is 8.32. The third-order valence-electron chi connectivity index (χ3n) is 4.18. The smallest absolute Gasteiger partial charge is 0.0678 e. The van der Waals surface area contributed by atoms with Gasteiger partial charge in [-0.2, -0.15) is 0 Å². The molecule has 1 aromatic rings. The van der Waals surface area contributed by atoms with E-state index >= 15 is 0 Å². The Morgan fingerprint density at radius 3 is 2.62 bits per heavy atom. The van der Waals surface area contributed by atoms with Gasteiger partial charge in [-0.3, -0.25) is 15.7 Å². The summed E-state index contributed by atoms with van der Waals surface area (Å²) in [5, 5.41) is 5.50. The zero-order chi connectivity index (χ0) is 15.1. The lowest BCUT2D eigenvalue weighted by atomic mass is 10.0. The molecule has 0 unspecified atom stereocenters. The molecule has 0 aromatic carbocycles. The Hall–Kier alpha value is -1.17. The normalized spacial score (nSPS) is 17.6. The number of hydrogen-bond donors (Lipinski definition) is 2. The fourth-order valence-corrected chi connectivity index (χ4v) is 2.67. The molecule has 1 aliphatic heterocycles. The minimum absolute atomic E-state index is 0.543. The maximum absolute atomic E-state index is 6.20. The molecule has 0 bridgehead atoms. The van der Waals surface area contributed by atoms with Crippen molar-refractivity contribution in [3.8, 4) is 0 Å². The average molecular weight is 291 g/mol. The van der Waals surface area contributed by atoms with Crippen LogP contribution >= 0.6 is 0 Å². The van der Waals surface area contributed by atoms with Gasteiger partial charge in [0.05, 0.1) is 6.67 Å². The average Bonchev–Trinajstić information content (AvgIpc) is 2.52. The zero-order valence-corrected chi connectivity index (χ0v) is 13.3. The summed E-state index contributed by atoms with van der Waals surface area (Å²) >= 11 is 0. The number of nitrogens with one attached hydrogen (secondary N) is 1. The van der Waals surface area contributed by atoms with Crippen LogP contribution in [0.1, 0.15) is 33.1 Å². The van der Waals surface area contributed by atoms with Crippen LogP contribution in [-0.4, -0.2) is 47.2 Å². The van der Waals surface area contributed by atoms with Crippen molar-refractivity contribution in [3.63, 3.8) is 0 Å². The van der Waals surface area contributed by atoms with Crippen LogP contribution in [0.2, 0.25) is 0 Å². The lowest BCUT2D eigenvalue weighted by Crippen LogP contribution is -2.49. The van der Waals surface area contributed by atoms with Crippen LogP contribution in [0.4, 0.5) is 5.69 Å². The Morgan fingerprint density at radius 2 is 2.00 bits per heavy atom. The Kier molecular flexibility index (Phi) is 6.42. The topological polar surface area (TPSA) is 57.4 Å². The summed E-state index contributed by atoms with van der Waals surface area (Å²) in [7, 11) is 0. The van der Waals surface area contributed by atoms with Crippen LogP contribution in [0, 0.1) is 5.92 Å². The largest absolute Gasteiger partial charge is 0.372 e. The quantitative estimate of drug-likeness (QED) is 0.595. The number of hydrazine groups is 1. The molecule has 0 aliphatic carbocycles. The first-order valence-electron chi connectivity index (χ1n) is 8.02. The van der Waals surface area contributed by atoms with Crippen molar-refractivity contribution in [1.29, 1.82) is 0 Å². The van der Waals surface area contributed by atoms with Gasteiger partial charge in [-0.15, -0.1) is 0 Å². The molecule has 5 heteroatoms. The van der Waals surface area contributed by atoms with Crippen molar-refractivity contribution in [2.45, 2.75) is 39.2 Å². The number of hydrogen-bond acceptors (Lipinski definition) is 5. The van der Waals surface area contributed by atoms with Crippen molar-refractivity contribution < 1.29 is 0 Å². The van der Waals surface area contributed by atoms with Gasteiger partial charge in [-0.1, -0.05) is 13.8 Å². The molecule has 1 saturated heterocycles. The van der Waals surface area contributed by atoms with Gasteiger partial charge in [0.1, 0.15) is 0 Å². The standard InChI is InChI=1S/C16H29N5/c1-14(2)5-12-21(17)16-6-10-20(11-7-16)13-19-15-3-8-18-9-4-15/h3-4,8-9,14,16H,5-7,10-13,17H2,1-2H3,(H,18,19). The van der Waals surface area contributed by atoms with Crippen LogP contribution in [0.25, 0.3) is 0 Å². The Balaban J connectivity index is 1.66. The molecule has 0 amide bonds. The number of anilines is 1. The van der Waals surface area contributed by atoms with E-state index in [4.69, 9.17) is 5.84 Å². The highest BCUT2D eigenvalue weighted by molar-refractivity contribution is 5.40. The summed E-state index contributed by atoms with van der Waals surface area (Å²) < 4.78 is 0. The molecule has 118 valence electrons. The Labute approximate surface area is 128 Å². The SMILES string of the molecule is CC(C)CCN(N)C1CCN(CNc2ccncc2)CC1. The maximum Gasteiger partial charge on any atom is 0.0678 e. The lowest BCUT2D eigenvalue weighted by molar-refractivity contribution is 0.108. The lowest BCUT2D eigenvalue weighted by Gasteiger charge is -2.36. The molecule has 0 saturated carbocycles. The zero-order valence-electron chi connectivity index (χ0n) is 13.3. The molecule has 2 heterocycles. The highest BCUT2D eigenvalue weighted by Gasteiger charge is 2.22. The van der Waals surface area contributed by atoms with Crippen molar-refractivity contribution >= 4 is 5.69 Å². The number of aromatic nitrogens is 1. The van der Waals surface area contributed by atoms with Gasteiger partial charge >= 0.3 is 0 Å². The molecule has 2 rings (SSSR count). The van der Waals surface area contributed by atoms with Crippen molar-refractivity contribution in [2.75, 3.05) is 31.6 Å². The van der Waals surface area contributed by atoms with Crippen molar-refractivity contribution in [3.05, 3.63) is 24.5 Å². The summed E-state index contributed by atoms with van der Waals surface area (Å²) in [6.07, 6.45) is 7.13. The number of pyridine rings is 1. The second-order valence-electron chi connectivity index (χ2n) is 6.34. The van der Waals surface area contributed by atoms with E-state index in [-0.39, 0.29) is 0 Å². The molecule has 1 aromatic heterocycles. The van der Waals surface area contributed by atoms with Crippen LogP contribution < -0.4 is 11.2 Å². The van der Waals surface area contributed by atoms with E-state index in [9.17, 15) is 0 Å². The molecular weight excluding hydrogens is 262 g/mol. The van der Waals surface area contributed by atoms with Crippen LogP contribution in [0.3, 0.4) is 0 Å². The highest BCUT2D eigenvalue weighted by atomic mass is 15.4. The minimum Gasteiger partial charge on any atom is -0.372 e. The summed E-state index contributed by atoms with van der Waals surface area (Å²) in [5.41, 5.74) is 1.13. The van der Waals surface area contributed by atoms with E-state index in [2.05, 4.69) is 34.1 Å². The maximum atomic E-state index is 6.20. The second-order valence-corrected chi connectivity index (χ2v) is 6.34. The predicted molar refractivity (Wildman–Crippen MR) is 87.7 cm³/mol. The molecule has 0 atom stereocenters. The first-order valence-corrected chi connectivity index (χ1v) is 8.02. The van der Waals surface area contributed by atoms with Gasteiger partial charge in [0, 0.05) is 43.8 Å². The van der Waals surface area contributed by atoms with Crippen molar-refractivity contribution in [2.24, 2.45) is 11.8 Å². The van der Waals surface area contributed by atoms with Gasteiger partial charge in [0.25, 0.3) is 0 Å². The van der Waals surface area contributed by atoms with E-state index in [0.29, 0.717) is 6.04 Å². The van der Waals surface area contributed by atoms with Crippen LogP contribution in [0.5, 0.6) is 0 Å². The van der Waals surface area contributed by atoms with Gasteiger partial charge < -0.3 is 5.32 Å². The number of rotatable bonds is 7. The highest BCUT2D eigenvalue weighted by Crippen LogP contribution is 2.15. The first kappa shape index (κ1) is 16.2. The summed E-state index contributed by atoms with van der Waals surface area (Å²) in [6.45, 7) is 8.63. The Morgan fingerprint density at radius 1 is 1.33 bits per heavy atom. The van der Waals surface area contributed by atoms with Crippen LogP contribution in [0.15, 0.2) is 24.5 Å². The Bertz CT molecular complexity index is 387. The van der Waals surface area contributed by atoms with Gasteiger partial charge in [0.2, 0.25) is 0 Å². The molecule has 21 heavy (non-hydrogen) atoms. The number of likely N-dealkylation sites (tertiary alicyclic amines) is 1. The number of piperidine rings is 1. The summed E-state index contributed by atoms with van der Waals surface area (Å²) in [5.74, 6) is 6.92. The first-order chi connectivity index (χ1) is 10.1. The number of nitrogens with two attached hydrogens (primary N) is 1.